The Morgan fingerprint density at radius 1 is 1.52 bits per heavy atom. The third-order valence-electron chi connectivity index (χ3n) is 3.69. The maximum atomic E-state index is 12.4. The standard InChI is InChI=1S/C14H18N4O2S/c1-10-12-4-3-5-17(12)6-7-18(10)14(19)9-21-8-13-15-11(2)20-16-13/h3-5,10H,6-9H2,1-2H3. The number of hydrogen-bond donors (Lipinski definition) is 0. The van der Waals surface area contributed by atoms with E-state index < -0.39 is 0 Å². The zero-order chi connectivity index (χ0) is 14.8. The molecule has 1 aliphatic rings. The largest absolute Gasteiger partial charge is 0.348 e. The summed E-state index contributed by atoms with van der Waals surface area (Å²) in [5.74, 6) is 2.41. The van der Waals surface area contributed by atoms with Gasteiger partial charge in [0.15, 0.2) is 5.82 Å². The Hall–Kier alpha value is -1.76. The maximum absolute atomic E-state index is 12.4. The van der Waals surface area contributed by atoms with Crippen molar-refractivity contribution in [3.05, 3.63) is 35.7 Å². The Balaban J connectivity index is 1.54. The van der Waals surface area contributed by atoms with E-state index >= 15 is 0 Å². The summed E-state index contributed by atoms with van der Waals surface area (Å²) in [5, 5.41) is 3.83. The first-order chi connectivity index (χ1) is 10.1. The van der Waals surface area contributed by atoms with Crippen molar-refractivity contribution in [2.45, 2.75) is 32.2 Å². The van der Waals surface area contributed by atoms with Crippen molar-refractivity contribution in [3.63, 3.8) is 0 Å². The number of carbonyl (C=O) groups excluding carboxylic acids is 1. The van der Waals surface area contributed by atoms with Crippen LogP contribution in [0.1, 0.15) is 30.4 Å². The van der Waals surface area contributed by atoms with Crippen LogP contribution >= 0.6 is 11.8 Å². The number of rotatable bonds is 4. The summed E-state index contributed by atoms with van der Waals surface area (Å²) < 4.78 is 7.13. The van der Waals surface area contributed by atoms with E-state index in [0.717, 1.165) is 13.1 Å². The normalized spacial score (nSPS) is 17.8. The highest BCUT2D eigenvalue weighted by molar-refractivity contribution is 7.99. The van der Waals surface area contributed by atoms with Crippen molar-refractivity contribution in [2.75, 3.05) is 12.3 Å². The molecule has 0 aromatic carbocycles. The molecule has 1 aliphatic heterocycles. The molecule has 1 unspecified atom stereocenters. The van der Waals surface area contributed by atoms with Crippen molar-refractivity contribution >= 4 is 17.7 Å². The Bertz CT molecular complexity index is 636. The molecular weight excluding hydrogens is 288 g/mol. The van der Waals surface area contributed by atoms with Gasteiger partial charge < -0.3 is 14.0 Å². The number of aryl methyl sites for hydroxylation is 1. The van der Waals surface area contributed by atoms with Crippen molar-refractivity contribution in [2.24, 2.45) is 0 Å². The van der Waals surface area contributed by atoms with Crippen LogP contribution in [0.5, 0.6) is 0 Å². The fourth-order valence-electron chi connectivity index (χ4n) is 2.63. The van der Waals surface area contributed by atoms with Crippen LogP contribution < -0.4 is 0 Å². The minimum Gasteiger partial charge on any atom is -0.348 e. The molecule has 112 valence electrons. The summed E-state index contributed by atoms with van der Waals surface area (Å²) in [5.41, 5.74) is 1.20. The molecule has 1 amide bonds. The second-order valence-corrected chi connectivity index (χ2v) is 6.10. The third-order valence-corrected chi connectivity index (χ3v) is 4.60. The van der Waals surface area contributed by atoms with Gasteiger partial charge in [0.2, 0.25) is 11.8 Å². The van der Waals surface area contributed by atoms with E-state index in [4.69, 9.17) is 4.52 Å². The predicted molar refractivity (Wildman–Crippen MR) is 79.8 cm³/mol. The van der Waals surface area contributed by atoms with Crippen molar-refractivity contribution in [1.29, 1.82) is 0 Å². The average Bonchev–Trinajstić information content (AvgIpc) is 3.08. The van der Waals surface area contributed by atoms with E-state index in [-0.39, 0.29) is 11.9 Å². The molecule has 21 heavy (non-hydrogen) atoms. The van der Waals surface area contributed by atoms with Gasteiger partial charge in [-0.2, -0.15) is 4.98 Å². The van der Waals surface area contributed by atoms with Crippen LogP contribution in [-0.4, -0.2) is 37.8 Å². The van der Waals surface area contributed by atoms with E-state index in [0.29, 0.717) is 23.2 Å². The lowest BCUT2D eigenvalue weighted by Gasteiger charge is -2.34. The summed E-state index contributed by atoms with van der Waals surface area (Å²) in [6.45, 7) is 5.48. The maximum Gasteiger partial charge on any atom is 0.233 e. The number of carbonyl (C=O) groups is 1. The fourth-order valence-corrected chi connectivity index (χ4v) is 3.37. The van der Waals surface area contributed by atoms with E-state index in [1.54, 1.807) is 6.92 Å². The Morgan fingerprint density at radius 2 is 2.38 bits per heavy atom. The summed E-state index contributed by atoms with van der Waals surface area (Å²) in [6.07, 6.45) is 2.07. The predicted octanol–water partition coefficient (Wildman–Crippen LogP) is 2.02. The first kappa shape index (κ1) is 14.2. The van der Waals surface area contributed by atoms with Crippen LogP contribution in [0.4, 0.5) is 0 Å². The highest BCUT2D eigenvalue weighted by atomic mass is 32.2. The van der Waals surface area contributed by atoms with Gasteiger partial charge in [-0.1, -0.05) is 5.16 Å². The lowest BCUT2D eigenvalue weighted by atomic mass is 10.1. The van der Waals surface area contributed by atoms with Crippen LogP contribution in [0, 0.1) is 6.92 Å². The van der Waals surface area contributed by atoms with E-state index in [1.165, 1.54) is 17.5 Å². The molecule has 0 saturated heterocycles. The molecule has 0 aliphatic carbocycles. The number of aromatic nitrogens is 3. The molecule has 6 nitrogen and oxygen atoms in total. The smallest absolute Gasteiger partial charge is 0.233 e. The monoisotopic (exact) mass is 306 g/mol. The summed E-state index contributed by atoms with van der Waals surface area (Å²) in [7, 11) is 0. The van der Waals surface area contributed by atoms with E-state index in [1.807, 2.05) is 11.0 Å². The topological polar surface area (TPSA) is 64.2 Å². The fraction of sp³-hybridized carbons (Fsp3) is 0.500. The molecule has 0 N–H and O–H groups in total. The molecule has 0 fully saturated rings. The minimum absolute atomic E-state index is 0.134. The van der Waals surface area contributed by atoms with Crippen molar-refractivity contribution in [1.82, 2.24) is 19.6 Å². The van der Waals surface area contributed by atoms with Gasteiger partial charge in [0.05, 0.1) is 17.5 Å². The SMILES string of the molecule is Cc1nc(CSCC(=O)N2CCn3cccc3C2C)no1. The first-order valence-corrected chi connectivity index (χ1v) is 8.12. The second kappa shape index (κ2) is 5.93. The molecule has 2 aromatic rings. The van der Waals surface area contributed by atoms with Gasteiger partial charge in [-0.15, -0.1) is 11.8 Å². The molecule has 3 rings (SSSR count). The third kappa shape index (κ3) is 2.97. The summed E-state index contributed by atoms with van der Waals surface area (Å²) in [4.78, 5) is 18.4. The Labute approximate surface area is 127 Å². The first-order valence-electron chi connectivity index (χ1n) is 6.96. The average molecular weight is 306 g/mol. The molecule has 0 saturated carbocycles. The van der Waals surface area contributed by atoms with E-state index in [9.17, 15) is 4.79 Å². The highest BCUT2D eigenvalue weighted by Gasteiger charge is 2.27. The zero-order valence-electron chi connectivity index (χ0n) is 12.2. The molecule has 7 heteroatoms. The van der Waals surface area contributed by atoms with Gasteiger partial charge in [-0.3, -0.25) is 4.79 Å². The highest BCUT2D eigenvalue weighted by Crippen LogP contribution is 2.26. The summed E-state index contributed by atoms with van der Waals surface area (Å²) >= 11 is 1.52. The Morgan fingerprint density at radius 3 is 3.14 bits per heavy atom. The zero-order valence-corrected chi connectivity index (χ0v) is 13.0. The lowest BCUT2D eigenvalue weighted by Crippen LogP contribution is -2.41. The van der Waals surface area contributed by atoms with Crippen LogP contribution in [0.3, 0.4) is 0 Å². The van der Waals surface area contributed by atoms with Gasteiger partial charge in [0.25, 0.3) is 0 Å². The molecule has 0 radical (unpaired) electrons. The minimum atomic E-state index is 0.134. The number of fused-ring (bicyclic) bond motifs is 1. The van der Waals surface area contributed by atoms with Crippen molar-refractivity contribution < 1.29 is 9.32 Å². The van der Waals surface area contributed by atoms with Gasteiger partial charge >= 0.3 is 0 Å². The second-order valence-electron chi connectivity index (χ2n) is 5.11. The molecule has 0 bridgehead atoms. The number of thioether (sulfide) groups is 1. The Kier molecular flexibility index (Phi) is 4.01. The molecule has 0 spiro atoms. The van der Waals surface area contributed by atoms with Gasteiger partial charge in [-0.05, 0) is 19.1 Å². The van der Waals surface area contributed by atoms with Gasteiger partial charge in [0.1, 0.15) is 0 Å². The summed E-state index contributed by atoms with van der Waals surface area (Å²) in [6, 6.07) is 4.25. The number of hydrogen-bond acceptors (Lipinski definition) is 5. The molecular formula is C14H18N4O2S. The number of amides is 1. The van der Waals surface area contributed by atoms with Gasteiger partial charge in [-0.25, -0.2) is 0 Å². The van der Waals surface area contributed by atoms with Crippen LogP contribution in [0.2, 0.25) is 0 Å². The van der Waals surface area contributed by atoms with Crippen LogP contribution in [-0.2, 0) is 17.1 Å². The number of nitrogens with zero attached hydrogens (tertiary/aromatic N) is 4. The van der Waals surface area contributed by atoms with Crippen molar-refractivity contribution in [3.8, 4) is 0 Å². The molecule has 1 atom stereocenters. The van der Waals surface area contributed by atoms with Crippen LogP contribution in [0.25, 0.3) is 0 Å². The van der Waals surface area contributed by atoms with Crippen LogP contribution in [0.15, 0.2) is 22.9 Å². The van der Waals surface area contributed by atoms with E-state index in [2.05, 4.69) is 33.9 Å². The quantitative estimate of drug-likeness (QED) is 0.864. The van der Waals surface area contributed by atoms with Gasteiger partial charge in [0, 0.05) is 31.9 Å². The lowest BCUT2D eigenvalue weighted by molar-refractivity contribution is -0.131. The molecule has 2 aromatic heterocycles. The molecule has 3 heterocycles.